The Labute approximate surface area is 159 Å². The van der Waals surface area contributed by atoms with Crippen LogP contribution in [0.1, 0.15) is 37.1 Å². The van der Waals surface area contributed by atoms with Crippen molar-refractivity contribution in [3.05, 3.63) is 91.5 Å². The van der Waals surface area contributed by atoms with Crippen LogP contribution in [0.2, 0.25) is 0 Å². The molecule has 7 nitrogen and oxygen atoms in total. The lowest BCUT2D eigenvalue weighted by atomic mass is 9.66. The topological polar surface area (TPSA) is 98.3 Å². The lowest BCUT2D eigenvalue weighted by Crippen LogP contribution is -2.63. The first-order valence-corrected chi connectivity index (χ1v) is 8.67. The van der Waals surface area contributed by atoms with E-state index in [9.17, 15) is 29.0 Å². The van der Waals surface area contributed by atoms with E-state index in [4.69, 9.17) is 0 Å². The first kappa shape index (κ1) is 19.8. The standard InChI is InChI=1S/C19H19F2N3O4/c1-19(2)17(23(25)26)15(11-3-7-13(20)8-4-11)22-16(18(19)24(27)28)12-5-9-14(21)10-6-12/h3-10,15-18,22H,1-2H3/t15-,16-,17+,18+/m0/s1. The van der Waals surface area contributed by atoms with E-state index in [1.54, 1.807) is 0 Å². The fourth-order valence-corrected chi connectivity index (χ4v) is 4.09. The molecule has 0 saturated carbocycles. The van der Waals surface area contributed by atoms with Gasteiger partial charge in [0.15, 0.2) is 0 Å². The number of hydrogen-bond acceptors (Lipinski definition) is 5. The quantitative estimate of drug-likeness (QED) is 0.633. The van der Waals surface area contributed by atoms with Gasteiger partial charge in [-0.2, -0.15) is 0 Å². The average Bonchev–Trinajstić information content (AvgIpc) is 2.60. The molecule has 3 rings (SSSR count). The minimum atomic E-state index is -1.35. The molecule has 0 unspecified atom stereocenters. The van der Waals surface area contributed by atoms with Crippen molar-refractivity contribution < 1.29 is 18.6 Å². The molecular weight excluding hydrogens is 372 g/mol. The van der Waals surface area contributed by atoms with Crippen molar-refractivity contribution in [2.24, 2.45) is 5.41 Å². The molecule has 1 heterocycles. The Morgan fingerprint density at radius 3 is 1.39 bits per heavy atom. The van der Waals surface area contributed by atoms with Crippen molar-refractivity contribution in [2.45, 2.75) is 38.0 Å². The average molecular weight is 391 g/mol. The molecule has 1 aliphatic rings. The molecule has 0 spiro atoms. The normalized spacial score (nSPS) is 26.6. The van der Waals surface area contributed by atoms with Crippen molar-refractivity contribution in [3.63, 3.8) is 0 Å². The van der Waals surface area contributed by atoms with Crippen molar-refractivity contribution >= 4 is 0 Å². The van der Waals surface area contributed by atoms with Crippen LogP contribution in [0.4, 0.5) is 8.78 Å². The number of rotatable bonds is 4. The molecule has 148 valence electrons. The smallest absolute Gasteiger partial charge is 0.243 e. The number of piperidine rings is 1. The maximum Gasteiger partial charge on any atom is 0.243 e. The molecule has 1 saturated heterocycles. The zero-order chi connectivity index (χ0) is 20.6. The maximum absolute atomic E-state index is 13.3. The number of nitro groups is 2. The monoisotopic (exact) mass is 391 g/mol. The molecule has 0 aromatic heterocycles. The number of halogens is 2. The van der Waals surface area contributed by atoms with Crippen LogP contribution in [0.3, 0.4) is 0 Å². The highest BCUT2D eigenvalue weighted by atomic mass is 19.1. The Hall–Kier alpha value is -2.94. The summed E-state index contributed by atoms with van der Waals surface area (Å²) in [5, 5.41) is 26.8. The molecule has 9 heteroatoms. The Morgan fingerprint density at radius 2 is 1.11 bits per heavy atom. The summed E-state index contributed by atoms with van der Waals surface area (Å²) in [7, 11) is 0. The van der Waals surface area contributed by atoms with Gasteiger partial charge in [-0.25, -0.2) is 8.78 Å². The van der Waals surface area contributed by atoms with Gasteiger partial charge in [0.05, 0.1) is 0 Å². The van der Waals surface area contributed by atoms with Crippen LogP contribution in [-0.2, 0) is 0 Å². The molecule has 28 heavy (non-hydrogen) atoms. The third-order valence-corrected chi connectivity index (χ3v) is 5.43. The fraction of sp³-hybridized carbons (Fsp3) is 0.368. The predicted octanol–water partition coefficient (Wildman–Crippen LogP) is 3.67. The molecular formula is C19H19F2N3O4. The van der Waals surface area contributed by atoms with Crippen molar-refractivity contribution in [3.8, 4) is 0 Å². The molecule has 0 amide bonds. The molecule has 4 atom stereocenters. The van der Waals surface area contributed by atoms with E-state index < -0.39 is 51.1 Å². The minimum Gasteiger partial charge on any atom is -0.291 e. The molecule has 2 aromatic rings. The minimum absolute atomic E-state index is 0.449. The number of hydrogen-bond donors (Lipinski definition) is 1. The molecule has 0 aliphatic carbocycles. The largest absolute Gasteiger partial charge is 0.291 e. The van der Waals surface area contributed by atoms with Gasteiger partial charge in [-0.1, -0.05) is 24.3 Å². The second kappa shape index (κ2) is 7.23. The van der Waals surface area contributed by atoms with Gasteiger partial charge in [0, 0.05) is 9.85 Å². The van der Waals surface area contributed by atoms with Gasteiger partial charge in [0.2, 0.25) is 12.1 Å². The van der Waals surface area contributed by atoms with E-state index in [0.717, 1.165) is 0 Å². The lowest BCUT2D eigenvalue weighted by molar-refractivity contribution is -0.605. The summed E-state index contributed by atoms with van der Waals surface area (Å²) < 4.78 is 26.7. The lowest BCUT2D eigenvalue weighted by Gasteiger charge is -2.44. The Kier molecular flexibility index (Phi) is 5.12. The summed E-state index contributed by atoms with van der Waals surface area (Å²) in [6.07, 6.45) is 0. The van der Waals surface area contributed by atoms with Gasteiger partial charge in [0.25, 0.3) is 0 Å². The molecule has 1 fully saturated rings. The third-order valence-electron chi connectivity index (χ3n) is 5.43. The van der Waals surface area contributed by atoms with E-state index >= 15 is 0 Å². The molecule has 0 radical (unpaired) electrons. The zero-order valence-corrected chi connectivity index (χ0v) is 15.2. The Bertz CT molecular complexity index is 816. The second-order valence-corrected chi connectivity index (χ2v) is 7.51. The van der Waals surface area contributed by atoms with Crippen molar-refractivity contribution in [2.75, 3.05) is 0 Å². The number of nitrogens with one attached hydrogen (secondary N) is 1. The van der Waals surface area contributed by atoms with Crippen molar-refractivity contribution in [1.82, 2.24) is 5.32 Å². The SMILES string of the molecule is CC1(C)[C@H]([N+](=O)[O-])[C@H](c2ccc(F)cc2)N[C@@H](c2ccc(F)cc2)[C@H]1[N+](=O)[O-]. The van der Waals surface area contributed by atoms with Crippen LogP contribution in [0.25, 0.3) is 0 Å². The highest BCUT2D eigenvalue weighted by Gasteiger charge is 2.62. The van der Waals surface area contributed by atoms with Crippen LogP contribution in [0, 0.1) is 37.3 Å². The van der Waals surface area contributed by atoms with E-state index in [0.29, 0.717) is 11.1 Å². The predicted molar refractivity (Wildman–Crippen MR) is 96.8 cm³/mol. The van der Waals surface area contributed by atoms with Crippen molar-refractivity contribution in [1.29, 1.82) is 0 Å². The van der Waals surface area contributed by atoms with E-state index in [-0.39, 0.29) is 0 Å². The molecule has 0 bridgehead atoms. The summed E-state index contributed by atoms with van der Waals surface area (Å²) >= 11 is 0. The highest BCUT2D eigenvalue weighted by Crippen LogP contribution is 2.46. The van der Waals surface area contributed by atoms with Gasteiger partial charge in [-0.3, -0.25) is 25.5 Å². The summed E-state index contributed by atoms with van der Waals surface area (Å²) in [4.78, 5) is 22.7. The van der Waals surface area contributed by atoms with Crippen LogP contribution in [0.15, 0.2) is 48.5 Å². The zero-order valence-electron chi connectivity index (χ0n) is 15.2. The molecule has 1 aliphatic heterocycles. The summed E-state index contributed by atoms with van der Waals surface area (Å²) in [6, 6.07) is 6.01. The number of nitrogens with zero attached hydrogens (tertiary/aromatic N) is 2. The van der Waals surface area contributed by atoms with E-state index in [1.165, 1.54) is 62.4 Å². The fourth-order valence-electron chi connectivity index (χ4n) is 4.09. The van der Waals surface area contributed by atoms with Crippen LogP contribution >= 0.6 is 0 Å². The van der Waals surface area contributed by atoms with E-state index in [1.807, 2.05) is 0 Å². The first-order valence-electron chi connectivity index (χ1n) is 8.67. The Morgan fingerprint density at radius 1 is 0.786 bits per heavy atom. The highest BCUT2D eigenvalue weighted by molar-refractivity contribution is 5.28. The third kappa shape index (κ3) is 3.45. The summed E-state index contributed by atoms with van der Waals surface area (Å²) in [6.45, 7) is 2.98. The van der Waals surface area contributed by atoms with Gasteiger partial charge in [-0.15, -0.1) is 0 Å². The first-order chi connectivity index (χ1) is 13.1. The van der Waals surface area contributed by atoms with Crippen LogP contribution < -0.4 is 5.32 Å². The summed E-state index contributed by atoms with van der Waals surface area (Å²) in [5.74, 6) is -0.982. The Balaban J connectivity index is 2.14. The number of benzene rings is 2. The maximum atomic E-state index is 13.3. The van der Waals surface area contributed by atoms with E-state index in [2.05, 4.69) is 5.32 Å². The second-order valence-electron chi connectivity index (χ2n) is 7.51. The molecule has 2 aromatic carbocycles. The van der Waals surface area contributed by atoms with Gasteiger partial charge in [0.1, 0.15) is 29.1 Å². The van der Waals surface area contributed by atoms with Gasteiger partial charge < -0.3 is 0 Å². The molecule has 1 N–H and O–H groups in total. The van der Waals surface area contributed by atoms with Crippen LogP contribution in [-0.4, -0.2) is 21.9 Å². The summed E-state index contributed by atoms with van der Waals surface area (Å²) in [5.41, 5.74) is -0.453. The van der Waals surface area contributed by atoms with Crippen LogP contribution in [0.5, 0.6) is 0 Å². The van der Waals surface area contributed by atoms with Gasteiger partial charge >= 0.3 is 0 Å². The van der Waals surface area contributed by atoms with Gasteiger partial charge in [-0.05, 0) is 49.2 Å².